The van der Waals surface area contributed by atoms with Gasteiger partial charge in [0.2, 0.25) is 11.8 Å². The van der Waals surface area contributed by atoms with E-state index in [2.05, 4.69) is 25.6 Å². The molecule has 2 aromatic heterocycles. The van der Waals surface area contributed by atoms with E-state index in [9.17, 15) is 13.6 Å². The van der Waals surface area contributed by atoms with Gasteiger partial charge in [-0.3, -0.25) is 4.79 Å². The van der Waals surface area contributed by atoms with Crippen LogP contribution in [0, 0.1) is 11.6 Å². The summed E-state index contributed by atoms with van der Waals surface area (Å²) in [6.07, 6.45) is 5.36. The molecule has 150 valence electrons. The third kappa shape index (κ3) is 4.21. The van der Waals surface area contributed by atoms with Crippen molar-refractivity contribution in [1.29, 1.82) is 0 Å². The molecule has 3 aromatic rings. The van der Waals surface area contributed by atoms with E-state index in [-0.39, 0.29) is 29.3 Å². The number of rotatable bonds is 5. The van der Waals surface area contributed by atoms with Gasteiger partial charge in [-0.1, -0.05) is 6.07 Å². The number of amides is 1. The molecule has 0 bridgehead atoms. The zero-order valence-electron chi connectivity index (χ0n) is 15.2. The van der Waals surface area contributed by atoms with Gasteiger partial charge in [0.05, 0.1) is 6.20 Å². The third-order valence-corrected chi connectivity index (χ3v) is 4.40. The SMILES string of the molecule is O=C(Nc1cncnc1OC1CCNCC1)c1coc(-c2c(F)cccc2F)n1. The van der Waals surface area contributed by atoms with Crippen molar-refractivity contribution in [2.24, 2.45) is 0 Å². The van der Waals surface area contributed by atoms with Crippen LogP contribution in [-0.4, -0.2) is 40.1 Å². The van der Waals surface area contributed by atoms with Gasteiger partial charge < -0.3 is 19.8 Å². The summed E-state index contributed by atoms with van der Waals surface area (Å²) < 4.78 is 38.8. The Morgan fingerprint density at radius 1 is 1.24 bits per heavy atom. The zero-order valence-corrected chi connectivity index (χ0v) is 15.2. The van der Waals surface area contributed by atoms with E-state index in [0.29, 0.717) is 0 Å². The number of nitrogens with one attached hydrogen (secondary N) is 2. The molecule has 1 aliphatic rings. The molecular formula is C19H17F2N5O3. The Balaban J connectivity index is 1.51. The molecule has 0 aliphatic carbocycles. The Morgan fingerprint density at radius 3 is 2.76 bits per heavy atom. The summed E-state index contributed by atoms with van der Waals surface area (Å²) in [6, 6.07) is 3.38. The Labute approximate surface area is 164 Å². The minimum Gasteiger partial charge on any atom is -0.473 e. The summed E-state index contributed by atoms with van der Waals surface area (Å²) in [5.74, 6) is -2.42. The molecule has 0 atom stereocenters. The van der Waals surface area contributed by atoms with Gasteiger partial charge in [0.15, 0.2) is 5.69 Å². The number of halogens is 2. The number of carbonyl (C=O) groups excluding carboxylic acids is 1. The molecule has 1 saturated heterocycles. The molecule has 0 saturated carbocycles. The summed E-state index contributed by atoms with van der Waals surface area (Å²) >= 11 is 0. The van der Waals surface area contributed by atoms with Gasteiger partial charge in [-0.2, -0.15) is 4.98 Å². The second-order valence-electron chi connectivity index (χ2n) is 6.40. The molecule has 8 nitrogen and oxygen atoms in total. The highest BCUT2D eigenvalue weighted by atomic mass is 19.1. The van der Waals surface area contributed by atoms with Crippen molar-refractivity contribution in [3.63, 3.8) is 0 Å². The number of nitrogens with zero attached hydrogens (tertiary/aromatic N) is 3. The lowest BCUT2D eigenvalue weighted by Crippen LogP contribution is -2.34. The molecule has 29 heavy (non-hydrogen) atoms. The lowest BCUT2D eigenvalue weighted by atomic mass is 10.1. The van der Waals surface area contributed by atoms with Crippen molar-refractivity contribution in [3.05, 3.63) is 54.3 Å². The van der Waals surface area contributed by atoms with E-state index < -0.39 is 23.1 Å². The molecule has 0 radical (unpaired) electrons. The molecular weight excluding hydrogens is 384 g/mol. The van der Waals surface area contributed by atoms with Crippen LogP contribution < -0.4 is 15.4 Å². The summed E-state index contributed by atoms with van der Waals surface area (Å²) in [5, 5.41) is 5.83. The molecule has 1 aromatic carbocycles. The fourth-order valence-corrected chi connectivity index (χ4v) is 2.95. The normalized spacial score (nSPS) is 14.6. The highest BCUT2D eigenvalue weighted by Crippen LogP contribution is 2.27. The van der Waals surface area contributed by atoms with Crippen LogP contribution in [0.4, 0.5) is 14.5 Å². The maximum atomic E-state index is 13.9. The topological polar surface area (TPSA) is 102 Å². The smallest absolute Gasteiger partial charge is 0.277 e. The molecule has 1 fully saturated rings. The van der Waals surface area contributed by atoms with Crippen LogP contribution in [-0.2, 0) is 0 Å². The average molecular weight is 401 g/mol. The number of benzene rings is 1. The van der Waals surface area contributed by atoms with Gasteiger partial charge in [-0.25, -0.2) is 18.7 Å². The van der Waals surface area contributed by atoms with Crippen molar-refractivity contribution in [1.82, 2.24) is 20.3 Å². The molecule has 0 spiro atoms. The Kier molecular flexibility index (Phi) is 5.43. The zero-order chi connectivity index (χ0) is 20.2. The number of hydrogen-bond acceptors (Lipinski definition) is 7. The van der Waals surface area contributed by atoms with Crippen LogP contribution in [0.2, 0.25) is 0 Å². The predicted octanol–water partition coefficient (Wildman–Crippen LogP) is 2.79. The van der Waals surface area contributed by atoms with Crippen LogP contribution in [0.1, 0.15) is 23.3 Å². The van der Waals surface area contributed by atoms with Gasteiger partial charge >= 0.3 is 0 Å². The first kappa shape index (κ1) is 18.9. The van der Waals surface area contributed by atoms with Crippen LogP contribution in [0.15, 0.2) is 41.4 Å². The fourth-order valence-electron chi connectivity index (χ4n) is 2.95. The standard InChI is InChI=1S/C19H17F2N5O3/c20-12-2-1-3-13(21)16(12)19-26-15(9-28-19)17(27)25-14-8-23-10-24-18(14)29-11-4-6-22-7-5-11/h1-3,8-11,22H,4-7H2,(H,25,27). The summed E-state index contributed by atoms with van der Waals surface area (Å²) in [4.78, 5) is 24.4. The van der Waals surface area contributed by atoms with Crippen molar-refractivity contribution in [2.75, 3.05) is 18.4 Å². The maximum Gasteiger partial charge on any atom is 0.277 e. The molecule has 1 aliphatic heterocycles. The molecule has 1 amide bonds. The predicted molar refractivity (Wildman–Crippen MR) is 98.4 cm³/mol. The van der Waals surface area contributed by atoms with E-state index in [1.807, 2.05) is 0 Å². The molecule has 10 heteroatoms. The summed E-state index contributed by atoms with van der Waals surface area (Å²) in [6.45, 7) is 1.68. The maximum absolute atomic E-state index is 13.9. The van der Waals surface area contributed by atoms with Gasteiger partial charge in [0, 0.05) is 0 Å². The lowest BCUT2D eigenvalue weighted by molar-refractivity contribution is 0.102. The third-order valence-electron chi connectivity index (χ3n) is 4.40. The average Bonchev–Trinajstić information content (AvgIpc) is 3.20. The fraction of sp³-hybridized carbons (Fsp3) is 0.263. The quantitative estimate of drug-likeness (QED) is 0.678. The minimum atomic E-state index is -0.840. The largest absolute Gasteiger partial charge is 0.473 e. The van der Waals surface area contributed by atoms with Gasteiger partial charge in [0.25, 0.3) is 5.91 Å². The molecule has 4 rings (SSSR count). The van der Waals surface area contributed by atoms with Gasteiger partial charge in [-0.15, -0.1) is 0 Å². The number of hydrogen-bond donors (Lipinski definition) is 2. The second kappa shape index (κ2) is 8.31. The Hall–Kier alpha value is -3.40. The first-order chi connectivity index (χ1) is 14.1. The highest BCUT2D eigenvalue weighted by Gasteiger charge is 2.22. The van der Waals surface area contributed by atoms with E-state index in [1.54, 1.807) is 0 Å². The van der Waals surface area contributed by atoms with Crippen molar-refractivity contribution in [2.45, 2.75) is 18.9 Å². The summed E-state index contributed by atoms with van der Waals surface area (Å²) in [5.41, 5.74) is -0.332. The van der Waals surface area contributed by atoms with Crippen LogP contribution in [0.25, 0.3) is 11.5 Å². The van der Waals surface area contributed by atoms with Crippen LogP contribution >= 0.6 is 0 Å². The monoisotopic (exact) mass is 401 g/mol. The second-order valence-corrected chi connectivity index (χ2v) is 6.40. The van der Waals surface area contributed by atoms with Gasteiger partial charge in [-0.05, 0) is 38.1 Å². The Morgan fingerprint density at radius 2 is 2.00 bits per heavy atom. The van der Waals surface area contributed by atoms with Crippen molar-refractivity contribution >= 4 is 11.6 Å². The number of piperidine rings is 1. The number of ether oxygens (including phenoxy) is 1. The van der Waals surface area contributed by atoms with E-state index in [1.165, 1.54) is 18.6 Å². The number of oxazole rings is 1. The molecule has 3 heterocycles. The minimum absolute atomic E-state index is 0.0236. The number of aromatic nitrogens is 3. The van der Waals surface area contributed by atoms with E-state index in [0.717, 1.165) is 44.3 Å². The first-order valence-electron chi connectivity index (χ1n) is 9.00. The van der Waals surface area contributed by atoms with E-state index >= 15 is 0 Å². The first-order valence-corrected chi connectivity index (χ1v) is 9.00. The molecule has 0 unspecified atom stereocenters. The van der Waals surface area contributed by atoms with Crippen molar-refractivity contribution < 1.29 is 22.7 Å². The molecule has 2 N–H and O–H groups in total. The number of anilines is 1. The number of carbonyl (C=O) groups is 1. The van der Waals surface area contributed by atoms with Gasteiger partial charge in [0.1, 0.15) is 41.6 Å². The highest BCUT2D eigenvalue weighted by molar-refractivity contribution is 6.03. The lowest BCUT2D eigenvalue weighted by Gasteiger charge is -2.24. The van der Waals surface area contributed by atoms with Crippen molar-refractivity contribution in [3.8, 4) is 17.3 Å². The van der Waals surface area contributed by atoms with Crippen LogP contribution in [0.5, 0.6) is 5.88 Å². The summed E-state index contributed by atoms with van der Waals surface area (Å²) in [7, 11) is 0. The van der Waals surface area contributed by atoms with E-state index in [4.69, 9.17) is 9.15 Å². The van der Waals surface area contributed by atoms with Crippen LogP contribution in [0.3, 0.4) is 0 Å². The Bertz CT molecular complexity index is 1000.